The first kappa shape index (κ1) is 13.1. The predicted octanol–water partition coefficient (Wildman–Crippen LogP) is 3.28. The van der Waals surface area contributed by atoms with Crippen molar-refractivity contribution in [3.05, 3.63) is 18.2 Å². The van der Waals surface area contributed by atoms with E-state index in [-0.39, 0.29) is 18.9 Å². The lowest BCUT2D eigenvalue weighted by atomic mass is 9.87. The molecule has 2 rings (SSSR count). The summed E-state index contributed by atoms with van der Waals surface area (Å²) in [6.07, 6.45) is 0.0153. The highest BCUT2D eigenvalue weighted by Crippen LogP contribution is 2.38. The molecule has 0 radical (unpaired) electrons. The number of alkyl halides is 3. The molecule has 3 nitrogen and oxygen atoms in total. The monoisotopic (exact) mass is 260 g/mol. The van der Waals surface area contributed by atoms with Gasteiger partial charge < -0.3 is 4.74 Å². The van der Waals surface area contributed by atoms with Gasteiger partial charge in [0.2, 0.25) is 0 Å². The summed E-state index contributed by atoms with van der Waals surface area (Å²) in [5.41, 5.74) is 0. The molecule has 1 aliphatic rings. The highest BCUT2D eigenvalue weighted by atomic mass is 19.4. The van der Waals surface area contributed by atoms with E-state index in [1.165, 1.54) is 0 Å². The molecule has 0 N–H and O–H groups in total. The smallest absolute Gasteiger partial charge is 0.391 e. The second kappa shape index (κ2) is 5.12. The maximum Gasteiger partial charge on any atom is 0.391 e. The molecule has 0 saturated heterocycles. The van der Waals surface area contributed by atoms with Gasteiger partial charge in [0.15, 0.2) is 5.75 Å². The van der Waals surface area contributed by atoms with Crippen molar-refractivity contribution in [3.8, 4) is 5.75 Å². The summed E-state index contributed by atoms with van der Waals surface area (Å²) in [5.74, 6) is -0.00851. The van der Waals surface area contributed by atoms with Gasteiger partial charge in [0, 0.05) is 0 Å². The first-order valence-corrected chi connectivity index (χ1v) is 5.97. The molecular weight excluding hydrogens is 245 g/mol. The minimum atomic E-state index is -4.07. The molecule has 1 aromatic rings. The fraction of sp³-hybridized carbons (Fsp3) is 0.667. The van der Waals surface area contributed by atoms with E-state index in [2.05, 4.69) is 9.97 Å². The van der Waals surface area contributed by atoms with E-state index < -0.39 is 12.1 Å². The van der Waals surface area contributed by atoms with Crippen LogP contribution >= 0.6 is 0 Å². The molecule has 0 spiro atoms. The van der Waals surface area contributed by atoms with Crippen molar-refractivity contribution in [3.63, 3.8) is 0 Å². The second-order valence-corrected chi connectivity index (χ2v) is 4.60. The number of nitrogens with zero attached hydrogens (tertiary/aromatic N) is 2. The van der Waals surface area contributed by atoms with Crippen molar-refractivity contribution in [2.75, 3.05) is 0 Å². The number of rotatable bonds is 2. The zero-order chi connectivity index (χ0) is 13.2. The number of aromatic nitrogens is 2. The average molecular weight is 260 g/mol. The number of hydrogen-bond acceptors (Lipinski definition) is 3. The van der Waals surface area contributed by atoms with Gasteiger partial charge in [-0.05, 0) is 32.6 Å². The highest BCUT2D eigenvalue weighted by molar-refractivity contribution is 5.12. The van der Waals surface area contributed by atoms with Crippen LogP contribution in [0.5, 0.6) is 5.75 Å². The third kappa shape index (κ3) is 3.34. The first-order chi connectivity index (χ1) is 8.45. The van der Waals surface area contributed by atoms with Crippen molar-refractivity contribution in [1.29, 1.82) is 0 Å². The van der Waals surface area contributed by atoms with Crippen LogP contribution in [0, 0.1) is 12.8 Å². The Labute approximate surface area is 103 Å². The van der Waals surface area contributed by atoms with Crippen molar-refractivity contribution < 1.29 is 17.9 Å². The van der Waals surface area contributed by atoms with Crippen LogP contribution in [-0.4, -0.2) is 22.2 Å². The summed E-state index contributed by atoms with van der Waals surface area (Å²) in [6.45, 7) is 1.76. The molecule has 1 heterocycles. The largest absolute Gasteiger partial charge is 0.487 e. The minimum absolute atomic E-state index is 0.140. The van der Waals surface area contributed by atoms with Crippen LogP contribution in [0.15, 0.2) is 12.4 Å². The van der Waals surface area contributed by atoms with Gasteiger partial charge in [0.1, 0.15) is 5.82 Å². The molecule has 0 unspecified atom stereocenters. The van der Waals surface area contributed by atoms with Crippen molar-refractivity contribution in [2.45, 2.75) is 44.9 Å². The summed E-state index contributed by atoms with van der Waals surface area (Å²) in [7, 11) is 0. The summed E-state index contributed by atoms with van der Waals surface area (Å²) in [6, 6.07) is 0. The van der Waals surface area contributed by atoms with Gasteiger partial charge in [-0.3, -0.25) is 0 Å². The molecule has 0 amide bonds. The predicted molar refractivity (Wildman–Crippen MR) is 59.2 cm³/mol. The zero-order valence-electron chi connectivity index (χ0n) is 10.1. The van der Waals surface area contributed by atoms with Crippen LogP contribution in [0.1, 0.15) is 31.5 Å². The summed E-state index contributed by atoms with van der Waals surface area (Å²) in [5, 5.41) is 0. The lowest BCUT2D eigenvalue weighted by molar-refractivity contribution is -0.185. The standard InChI is InChI=1S/C12H15F3N2O/c1-8-16-6-11(7-17-8)18-10-4-2-9(3-5-10)12(13,14)15/h6-7,9-10H,2-5H2,1H3. The van der Waals surface area contributed by atoms with Crippen molar-refractivity contribution >= 4 is 0 Å². The fourth-order valence-electron chi connectivity index (χ4n) is 2.14. The molecule has 6 heteroatoms. The average Bonchev–Trinajstić information content (AvgIpc) is 2.32. The third-order valence-corrected chi connectivity index (χ3v) is 3.20. The fourth-order valence-corrected chi connectivity index (χ4v) is 2.14. The molecule has 1 saturated carbocycles. The Balaban J connectivity index is 1.85. The van der Waals surface area contributed by atoms with Gasteiger partial charge in [-0.1, -0.05) is 0 Å². The lowest BCUT2D eigenvalue weighted by Gasteiger charge is -2.29. The second-order valence-electron chi connectivity index (χ2n) is 4.60. The molecule has 0 atom stereocenters. The highest BCUT2D eigenvalue weighted by Gasteiger charge is 2.41. The van der Waals surface area contributed by atoms with E-state index in [4.69, 9.17) is 4.74 Å². The van der Waals surface area contributed by atoms with E-state index in [9.17, 15) is 13.2 Å². The SMILES string of the molecule is Cc1ncc(OC2CCC(C(F)(F)F)CC2)cn1. The summed E-state index contributed by atoms with van der Waals surface area (Å²) >= 11 is 0. The molecule has 0 aromatic carbocycles. The molecule has 0 aliphatic heterocycles. The third-order valence-electron chi connectivity index (χ3n) is 3.20. The van der Waals surface area contributed by atoms with E-state index in [0.717, 1.165) is 0 Å². The van der Waals surface area contributed by atoms with Crippen LogP contribution in [-0.2, 0) is 0 Å². The molecule has 0 bridgehead atoms. The van der Waals surface area contributed by atoms with Gasteiger partial charge in [-0.25, -0.2) is 9.97 Å². The molecule has 1 fully saturated rings. The topological polar surface area (TPSA) is 35.0 Å². The van der Waals surface area contributed by atoms with Gasteiger partial charge in [0.05, 0.1) is 24.4 Å². The van der Waals surface area contributed by atoms with Gasteiger partial charge >= 0.3 is 6.18 Å². The number of aryl methyl sites for hydroxylation is 1. The molecule has 1 aromatic heterocycles. The van der Waals surface area contributed by atoms with Crippen molar-refractivity contribution in [2.24, 2.45) is 5.92 Å². The maximum absolute atomic E-state index is 12.5. The zero-order valence-corrected chi connectivity index (χ0v) is 10.1. The van der Waals surface area contributed by atoms with E-state index in [1.54, 1.807) is 19.3 Å². The molecule has 100 valence electrons. The molecular formula is C12H15F3N2O. The van der Waals surface area contributed by atoms with Crippen LogP contribution in [0.2, 0.25) is 0 Å². The minimum Gasteiger partial charge on any atom is -0.487 e. The van der Waals surface area contributed by atoms with Crippen LogP contribution in [0.3, 0.4) is 0 Å². The van der Waals surface area contributed by atoms with Gasteiger partial charge in [-0.2, -0.15) is 13.2 Å². The quantitative estimate of drug-likeness (QED) is 0.818. The molecule has 18 heavy (non-hydrogen) atoms. The summed E-state index contributed by atoms with van der Waals surface area (Å²) in [4.78, 5) is 7.97. The Bertz CT molecular complexity index is 383. The normalized spacial score (nSPS) is 24.9. The summed E-state index contributed by atoms with van der Waals surface area (Å²) < 4.78 is 43.0. The number of halogens is 3. The van der Waals surface area contributed by atoms with Crippen LogP contribution < -0.4 is 4.74 Å². The van der Waals surface area contributed by atoms with Gasteiger partial charge in [0.25, 0.3) is 0 Å². The number of hydrogen-bond donors (Lipinski definition) is 0. The van der Waals surface area contributed by atoms with E-state index >= 15 is 0 Å². The number of ether oxygens (including phenoxy) is 1. The molecule has 1 aliphatic carbocycles. The Morgan fingerprint density at radius 2 is 1.67 bits per heavy atom. The van der Waals surface area contributed by atoms with E-state index in [1.807, 2.05) is 0 Å². The Morgan fingerprint density at radius 1 is 1.11 bits per heavy atom. The van der Waals surface area contributed by atoms with Crippen LogP contribution in [0.25, 0.3) is 0 Å². The van der Waals surface area contributed by atoms with Crippen LogP contribution in [0.4, 0.5) is 13.2 Å². The Kier molecular flexibility index (Phi) is 3.73. The maximum atomic E-state index is 12.5. The Morgan fingerprint density at radius 3 is 2.17 bits per heavy atom. The Hall–Kier alpha value is -1.33. The van der Waals surface area contributed by atoms with Crippen molar-refractivity contribution in [1.82, 2.24) is 9.97 Å². The van der Waals surface area contributed by atoms with Gasteiger partial charge in [-0.15, -0.1) is 0 Å². The first-order valence-electron chi connectivity index (χ1n) is 5.97. The lowest BCUT2D eigenvalue weighted by Crippen LogP contribution is -2.31. The van der Waals surface area contributed by atoms with E-state index in [0.29, 0.717) is 24.4 Å².